The topological polar surface area (TPSA) is 64.1 Å². The Morgan fingerprint density at radius 2 is 2.20 bits per heavy atom. The second-order valence-electron chi connectivity index (χ2n) is 3.80. The number of amides is 1. The first-order valence-corrected chi connectivity index (χ1v) is 5.28. The molecule has 1 amide bonds. The van der Waals surface area contributed by atoms with Crippen molar-refractivity contribution in [1.29, 1.82) is 0 Å². The van der Waals surface area contributed by atoms with Crippen LogP contribution in [0.2, 0.25) is 0 Å². The number of hydrogen-bond acceptors (Lipinski definition) is 3. The predicted molar refractivity (Wildman–Crippen MR) is 55.9 cm³/mol. The van der Waals surface area contributed by atoms with Crippen LogP contribution in [0.5, 0.6) is 0 Å². The van der Waals surface area contributed by atoms with Gasteiger partial charge in [0, 0.05) is 25.8 Å². The van der Waals surface area contributed by atoms with E-state index >= 15 is 0 Å². The summed E-state index contributed by atoms with van der Waals surface area (Å²) < 4.78 is 1.82. The van der Waals surface area contributed by atoms with Crippen molar-refractivity contribution in [3.05, 3.63) is 18.2 Å². The van der Waals surface area contributed by atoms with E-state index in [1.807, 2.05) is 9.47 Å². The summed E-state index contributed by atoms with van der Waals surface area (Å²) in [4.78, 5) is 17.7. The van der Waals surface area contributed by atoms with Crippen LogP contribution < -0.4 is 5.73 Å². The van der Waals surface area contributed by atoms with Crippen LogP contribution in [0.3, 0.4) is 0 Å². The van der Waals surface area contributed by atoms with Gasteiger partial charge in [0.1, 0.15) is 6.54 Å². The smallest absolute Gasteiger partial charge is 0.242 e. The molecule has 0 aliphatic carbocycles. The maximum Gasteiger partial charge on any atom is 0.242 e. The van der Waals surface area contributed by atoms with Gasteiger partial charge in [-0.3, -0.25) is 4.79 Å². The summed E-state index contributed by atoms with van der Waals surface area (Å²) in [5.74, 6) is 0.167. The van der Waals surface area contributed by atoms with Crippen LogP contribution in [0.15, 0.2) is 12.5 Å². The second-order valence-corrected chi connectivity index (χ2v) is 3.80. The van der Waals surface area contributed by atoms with E-state index < -0.39 is 0 Å². The molecule has 1 aromatic rings. The van der Waals surface area contributed by atoms with Gasteiger partial charge in [-0.2, -0.15) is 0 Å². The average molecular weight is 208 g/mol. The van der Waals surface area contributed by atoms with E-state index in [4.69, 9.17) is 5.73 Å². The van der Waals surface area contributed by atoms with Gasteiger partial charge >= 0.3 is 0 Å². The molecule has 1 aromatic heterocycles. The Morgan fingerprint density at radius 3 is 2.87 bits per heavy atom. The van der Waals surface area contributed by atoms with Gasteiger partial charge < -0.3 is 15.2 Å². The van der Waals surface area contributed by atoms with Gasteiger partial charge in [-0.1, -0.05) is 0 Å². The molecule has 1 aliphatic heterocycles. The highest BCUT2D eigenvalue weighted by molar-refractivity contribution is 5.76. The lowest BCUT2D eigenvalue weighted by molar-refractivity contribution is -0.130. The number of hydrogen-bond donors (Lipinski definition) is 1. The lowest BCUT2D eigenvalue weighted by atomic mass is 10.4. The van der Waals surface area contributed by atoms with Crippen LogP contribution in [-0.2, 0) is 17.9 Å². The maximum absolute atomic E-state index is 11.8. The van der Waals surface area contributed by atoms with Gasteiger partial charge in [-0.25, -0.2) is 4.98 Å². The standard InChI is InChI=1S/C10H16N4O/c11-5-9-6-12-8-14(9)7-10(15)13-3-1-2-4-13/h6,8H,1-5,7,11H2. The Kier molecular flexibility index (Phi) is 3.01. The molecule has 0 atom stereocenters. The van der Waals surface area contributed by atoms with E-state index in [1.54, 1.807) is 12.5 Å². The van der Waals surface area contributed by atoms with Crippen molar-refractivity contribution in [2.24, 2.45) is 5.73 Å². The normalized spacial score (nSPS) is 15.9. The molecule has 2 N–H and O–H groups in total. The van der Waals surface area contributed by atoms with Gasteiger partial charge in [0.15, 0.2) is 0 Å². The first-order valence-electron chi connectivity index (χ1n) is 5.28. The molecule has 0 aromatic carbocycles. The van der Waals surface area contributed by atoms with Crippen LogP contribution >= 0.6 is 0 Å². The molecule has 1 fully saturated rings. The molecular weight excluding hydrogens is 192 g/mol. The third-order valence-corrected chi connectivity index (χ3v) is 2.77. The van der Waals surface area contributed by atoms with Crippen molar-refractivity contribution in [2.75, 3.05) is 13.1 Å². The van der Waals surface area contributed by atoms with Crippen LogP contribution in [0.1, 0.15) is 18.5 Å². The number of aromatic nitrogens is 2. The molecule has 5 heteroatoms. The first-order chi connectivity index (χ1) is 7.31. The minimum Gasteiger partial charge on any atom is -0.341 e. The Morgan fingerprint density at radius 1 is 1.47 bits per heavy atom. The van der Waals surface area contributed by atoms with Gasteiger partial charge in [0.25, 0.3) is 0 Å². The maximum atomic E-state index is 11.8. The summed E-state index contributed by atoms with van der Waals surface area (Å²) in [5, 5.41) is 0. The Labute approximate surface area is 88.9 Å². The van der Waals surface area contributed by atoms with Crippen LogP contribution in [-0.4, -0.2) is 33.4 Å². The monoisotopic (exact) mass is 208 g/mol. The molecule has 0 saturated carbocycles. The summed E-state index contributed by atoms with van der Waals surface area (Å²) in [5.41, 5.74) is 6.44. The fourth-order valence-corrected chi connectivity index (χ4v) is 1.87. The van der Waals surface area contributed by atoms with E-state index in [0.29, 0.717) is 13.1 Å². The van der Waals surface area contributed by atoms with Crippen molar-refractivity contribution in [2.45, 2.75) is 25.9 Å². The summed E-state index contributed by atoms with van der Waals surface area (Å²) >= 11 is 0. The zero-order valence-corrected chi connectivity index (χ0v) is 8.72. The summed E-state index contributed by atoms with van der Waals surface area (Å²) in [7, 11) is 0. The quantitative estimate of drug-likeness (QED) is 0.758. The number of rotatable bonds is 3. The minimum absolute atomic E-state index is 0.167. The van der Waals surface area contributed by atoms with E-state index in [-0.39, 0.29) is 5.91 Å². The fraction of sp³-hybridized carbons (Fsp3) is 0.600. The largest absolute Gasteiger partial charge is 0.341 e. The zero-order valence-electron chi connectivity index (χ0n) is 8.72. The number of carbonyl (C=O) groups is 1. The minimum atomic E-state index is 0.167. The van der Waals surface area contributed by atoms with Crippen molar-refractivity contribution in [3.63, 3.8) is 0 Å². The van der Waals surface area contributed by atoms with Gasteiger partial charge in [0.05, 0.1) is 12.0 Å². The molecule has 2 rings (SSSR count). The summed E-state index contributed by atoms with van der Waals surface area (Å²) in [6.07, 6.45) is 5.62. The third kappa shape index (κ3) is 2.18. The molecule has 0 unspecified atom stereocenters. The van der Waals surface area contributed by atoms with Crippen molar-refractivity contribution in [3.8, 4) is 0 Å². The number of nitrogens with two attached hydrogens (primary N) is 1. The first kappa shape index (κ1) is 10.2. The lowest BCUT2D eigenvalue weighted by Crippen LogP contribution is -2.31. The van der Waals surface area contributed by atoms with Gasteiger partial charge in [-0.05, 0) is 12.8 Å². The number of imidazole rings is 1. The molecule has 1 aliphatic rings. The molecule has 0 bridgehead atoms. The van der Waals surface area contributed by atoms with Crippen molar-refractivity contribution >= 4 is 5.91 Å². The van der Waals surface area contributed by atoms with Crippen molar-refractivity contribution < 1.29 is 4.79 Å². The summed E-state index contributed by atoms with van der Waals surface area (Å²) in [6, 6.07) is 0. The third-order valence-electron chi connectivity index (χ3n) is 2.77. The molecule has 0 radical (unpaired) electrons. The highest BCUT2D eigenvalue weighted by atomic mass is 16.2. The highest BCUT2D eigenvalue weighted by Crippen LogP contribution is 2.09. The highest BCUT2D eigenvalue weighted by Gasteiger charge is 2.18. The predicted octanol–water partition coefficient (Wildman–Crippen LogP) is -0.0358. The SMILES string of the molecule is NCc1cncn1CC(=O)N1CCCC1. The van der Waals surface area contributed by atoms with E-state index in [1.165, 1.54) is 0 Å². The average Bonchev–Trinajstić information content (AvgIpc) is 2.87. The van der Waals surface area contributed by atoms with Gasteiger partial charge in [-0.15, -0.1) is 0 Å². The molecule has 2 heterocycles. The fourth-order valence-electron chi connectivity index (χ4n) is 1.87. The molecule has 5 nitrogen and oxygen atoms in total. The Bertz CT molecular complexity index is 341. The molecule has 82 valence electrons. The van der Waals surface area contributed by atoms with Crippen LogP contribution in [0, 0.1) is 0 Å². The van der Waals surface area contributed by atoms with Crippen LogP contribution in [0.25, 0.3) is 0 Å². The lowest BCUT2D eigenvalue weighted by Gasteiger charge is -2.16. The number of likely N-dealkylation sites (tertiary alicyclic amines) is 1. The van der Waals surface area contributed by atoms with Crippen molar-refractivity contribution in [1.82, 2.24) is 14.5 Å². The molecule has 1 saturated heterocycles. The molecule has 15 heavy (non-hydrogen) atoms. The van der Waals surface area contributed by atoms with Crippen LogP contribution in [0.4, 0.5) is 0 Å². The summed E-state index contributed by atoms with van der Waals surface area (Å²) in [6.45, 7) is 2.58. The van der Waals surface area contributed by atoms with E-state index in [9.17, 15) is 4.79 Å². The molecular formula is C10H16N4O. The Balaban J connectivity index is 1.98. The number of carbonyl (C=O) groups excluding carboxylic acids is 1. The zero-order chi connectivity index (χ0) is 10.7. The Hall–Kier alpha value is -1.36. The second kappa shape index (κ2) is 4.44. The van der Waals surface area contributed by atoms with E-state index in [2.05, 4.69) is 4.98 Å². The number of nitrogens with zero attached hydrogens (tertiary/aromatic N) is 3. The molecule has 0 spiro atoms. The van der Waals surface area contributed by atoms with Gasteiger partial charge in [0.2, 0.25) is 5.91 Å². The van der Waals surface area contributed by atoms with E-state index in [0.717, 1.165) is 31.6 Å².